The second-order valence-corrected chi connectivity index (χ2v) is 10.7. The molecule has 2 aromatic heterocycles. The van der Waals surface area contributed by atoms with Gasteiger partial charge in [-0.05, 0) is 57.6 Å². The lowest BCUT2D eigenvalue weighted by molar-refractivity contribution is -0.0764. The first-order valence-electron chi connectivity index (χ1n) is 13.0. The fraction of sp³-hybridized carbons (Fsp3) is 0.464. The van der Waals surface area contributed by atoms with Gasteiger partial charge in [-0.3, -0.25) is 9.63 Å². The fourth-order valence-electron chi connectivity index (χ4n) is 4.83. The quantitative estimate of drug-likeness (QED) is 0.453. The second kappa shape index (κ2) is 11.3. The van der Waals surface area contributed by atoms with Gasteiger partial charge in [-0.2, -0.15) is 9.78 Å². The van der Waals surface area contributed by atoms with Gasteiger partial charge in [-0.25, -0.2) is 14.8 Å². The van der Waals surface area contributed by atoms with Gasteiger partial charge in [0.2, 0.25) is 5.82 Å². The number of pyridine rings is 1. The predicted octanol–water partition coefficient (Wildman–Crippen LogP) is 3.95. The third-order valence-corrected chi connectivity index (χ3v) is 6.74. The Kier molecular flexibility index (Phi) is 8.06. The maximum atomic E-state index is 12.9. The third-order valence-electron chi connectivity index (χ3n) is 6.74. The van der Waals surface area contributed by atoms with Gasteiger partial charge in [0.05, 0.1) is 7.11 Å². The number of benzene rings is 1. The molecule has 206 valence electrons. The van der Waals surface area contributed by atoms with E-state index < -0.39 is 17.6 Å². The monoisotopic (exact) mass is 533 g/mol. The topological polar surface area (TPSA) is 125 Å². The van der Waals surface area contributed by atoms with Crippen LogP contribution in [-0.4, -0.2) is 71.1 Å². The summed E-state index contributed by atoms with van der Waals surface area (Å²) in [5.74, 6) is 0.530. The summed E-state index contributed by atoms with van der Waals surface area (Å²) in [6.45, 7) is 9.38. The zero-order valence-electron chi connectivity index (χ0n) is 23.3. The number of hydrogen-bond donors (Lipinski definition) is 1. The van der Waals surface area contributed by atoms with Gasteiger partial charge in [0.25, 0.3) is 0 Å². The van der Waals surface area contributed by atoms with Crippen LogP contribution in [0.15, 0.2) is 30.3 Å². The summed E-state index contributed by atoms with van der Waals surface area (Å²) >= 11 is 0. The maximum absolute atomic E-state index is 12.9. The molecule has 1 N–H and O–H groups in total. The molecule has 0 unspecified atom stereocenters. The van der Waals surface area contributed by atoms with E-state index >= 15 is 0 Å². The minimum Gasteiger partial charge on any atom is -0.444 e. The Morgan fingerprint density at radius 2 is 1.97 bits per heavy atom. The highest BCUT2D eigenvalue weighted by Gasteiger charge is 2.31. The molecule has 0 spiro atoms. The number of ether oxygens (including phenoxy) is 1. The van der Waals surface area contributed by atoms with Crippen LogP contribution in [0.5, 0.6) is 0 Å². The summed E-state index contributed by atoms with van der Waals surface area (Å²) < 4.78 is 6.96. The van der Waals surface area contributed by atoms with E-state index in [9.17, 15) is 14.9 Å². The molecule has 0 aliphatic carbocycles. The molecule has 0 saturated carbocycles. The van der Waals surface area contributed by atoms with Crippen LogP contribution < -0.4 is 10.2 Å². The summed E-state index contributed by atoms with van der Waals surface area (Å²) in [5, 5.41) is 18.6. The minimum absolute atomic E-state index is 0.0565. The number of rotatable bonds is 7. The summed E-state index contributed by atoms with van der Waals surface area (Å²) in [6, 6.07) is 12.1. The number of alkyl carbamates (subject to hydrolysis) is 1. The molecule has 0 bridgehead atoms. The summed E-state index contributed by atoms with van der Waals surface area (Å²) in [6.07, 6.45) is 1.28. The number of fused-ring (bicyclic) bond motifs is 1. The highest BCUT2D eigenvalue weighted by Crippen LogP contribution is 2.39. The van der Waals surface area contributed by atoms with Crippen molar-refractivity contribution in [2.75, 3.05) is 38.7 Å². The van der Waals surface area contributed by atoms with Gasteiger partial charge < -0.3 is 15.0 Å². The highest BCUT2D eigenvalue weighted by atomic mass is 16.7. The zero-order valence-corrected chi connectivity index (χ0v) is 23.3. The van der Waals surface area contributed by atoms with Crippen LogP contribution in [0.25, 0.3) is 16.8 Å². The van der Waals surface area contributed by atoms with Gasteiger partial charge in [0.15, 0.2) is 5.65 Å². The smallest absolute Gasteiger partial charge is 0.407 e. The van der Waals surface area contributed by atoms with E-state index in [0.29, 0.717) is 23.7 Å². The normalized spacial score (nSPS) is 15.3. The van der Waals surface area contributed by atoms with E-state index in [1.165, 1.54) is 14.2 Å². The summed E-state index contributed by atoms with van der Waals surface area (Å²) in [5.41, 5.74) is 2.73. The van der Waals surface area contributed by atoms with Crippen molar-refractivity contribution < 1.29 is 19.2 Å². The fourth-order valence-corrected chi connectivity index (χ4v) is 4.83. The highest BCUT2D eigenvalue weighted by molar-refractivity contribution is 5.91. The number of nitrogens with zero attached hydrogens (tertiary/aromatic N) is 6. The van der Waals surface area contributed by atoms with Crippen molar-refractivity contribution in [3.8, 4) is 17.2 Å². The molecule has 4 rings (SSSR count). The van der Waals surface area contributed by atoms with Gasteiger partial charge in [-0.15, -0.1) is 5.10 Å². The number of nitriles is 1. The lowest BCUT2D eigenvalue weighted by Gasteiger charge is -2.25. The molecule has 1 saturated heterocycles. The Hall–Kier alpha value is -4.17. The largest absolute Gasteiger partial charge is 0.444 e. The number of hydroxylamine groups is 2. The maximum Gasteiger partial charge on any atom is 0.407 e. The average Bonchev–Trinajstić information content (AvgIpc) is 3.54. The van der Waals surface area contributed by atoms with Gasteiger partial charge in [0, 0.05) is 32.2 Å². The van der Waals surface area contributed by atoms with Crippen molar-refractivity contribution in [1.82, 2.24) is 25.0 Å². The first-order valence-corrected chi connectivity index (χ1v) is 13.0. The van der Waals surface area contributed by atoms with E-state index in [4.69, 9.17) is 9.57 Å². The molecule has 11 nitrogen and oxygen atoms in total. The van der Waals surface area contributed by atoms with Crippen LogP contribution in [0, 0.1) is 24.2 Å². The second-order valence-electron chi connectivity index (χ2n) is 10.7. The first-order chi connectivity index (χ1) is 18.5. The third kappa shape index (κ3) is 5.96. The predicted molar refractivity (Wildman–Crippen MR) is 146 cm³/mol. The minimum atomic E-state index is -0.545. The molecule has 1 aromatic carbocycles. The molecule has 0 radical (unpaired) electrons. The number of carbonyl (C=O) groups excluding carboxylic acids is 2. The molecule has 1 aliphatic heterocycles. The van der Waals surface area contributed by atoms with Crippen molar-refractivity contribution in [3.63, 3.8) is 0 Å². The molecule has 3 aromatic rings. The van der Waals surface area contributed by atoms with Crippen LogP contribution in [0.1, 0.15) is 55.4 Å². The van der Waals surface area contributed by atoms with Crippen LogP contribution in [-0.2, 0) is 9.57 Å². The number of anilines is 1. The number of nitrogens with one attached hydrogen (secondary N) is 1. The Morgan fingerprint density at radius 3 is 2.62 bits per heavy atom. The van der Waals surface area contributed by atoms with Crippen molar-refractivity contribution >= 4 is 23.5 Å². The van der Waals surface area contributed by atoms with Crippen LogP contribution in [0.3, 0.4) is 0 Å². The summed E-state index contributed by atoms with van der Waals surface area (Å²) in [7, 11) is 2.87. The van der Waals surface area contributed by atoms with Crippen LogP contribution in [0.4, 0.5) is 10.6 Å². The molecule has 1 atom stereocenters. The molecular weight excluding hydrogens is 498 g/mol. The van der Waals surface area contributed by atoms with Crippen molar-refractivity contribution in [1.29, 1.82) is 5.26 Å². The van der Waals surface area contributed by atoms with E-state index in [0.717, 1.165) is 53.5 Å². The number of aromatic nitrogens is 3. The number of hydrogen-bond acceptors (Lipinski definition) is 8. The Labute approximate surface area is 228 Å². The molecule has 2 amide bonds. The van der Waals surface area contributed by atoms with E-state index in [-0.39, 0.29) is 5.82 Å². The van der Waals surface area contributed by atoms with Crippen molar-refractivity contribution in [2.45, 2.75) is 46.1 Å². The molecule has 1 aliphatic rings. The van der Waals surface area contributed by atoms with Gasteiger partial charge in [0.1, 0.15) is 23.1 Å². The van der Waals surface area contributed by atoms with E-state index in [1.807, 2.05) is 58.0 Å². The molecular formula is C28H35N7O4. The average molecular weight is 534 g/mol. The van der Waals surface area contributed by atoms with Gasteiger partial charge in [-0.1, -0.05) is 30.3 Å². The van der Waals surface area contributed by atoms with Crippen molar-refractivity contribution in [3.05, 3.63) is 47.3 Å². The molecule has 3 heterocycles. The molecule has 11 heteroatoms. The molecule has 39 heavy (non-hydrogen) atoms. The Bertz CT molecular complexity index is 1410. The SMILES string of the molecule is CON(C)C(=O)c1nc2c(C#N)c(C)c(-c3ccccc3)c(N3CC[C@H](CCNC(=O)OC(C)(C)C)C3)n2n1. The lowest BCUT2D eigenvalue weighted by atomic mass is 9.97. The van der Waals surface area contributed by atoms with E-state index in [2.05, 4.69) is 26.4 Å². The molecule has 1 fully saturated rings. The Morgan fingerprint density at radius 1 is 1.26 bits per heavy atom. The first kappa shape index (κ1) is 27.9. The van der Waals surface area contributed by atoms with Crippen molar-refractivity contribution in [2.24, 2.45) is 5.92 Å². The van der Waals surface area contributed by atoms with Crippen LogP contribution in [0.2, 0.25) is 0 Å². The standard InChI is InChI=1S/C28H35N7O4/c1-18-21(16-29)24-31-23(26(36)33(5)38-6)32-35(24)25(22(18)20-10-8-7-9-11-20)34-15-13-19(17-34)12-14-30-27(37)39-28(2,3)4/h7-11,19H,12-15,17H2,1-6H3,(H,30,37)/t19-/m0/s1. The zero-order chi connectivity index (χ0) is 28.3. The number of carbonyl (C=O) groups is 2. The number of amides is 2. The Balaban J connectivity index is 1.71. The van der Waals surface area contributed by atoms with Gasteiger partial charge >= 0.3 is 12.0 Å². The lowest BCUT2D eigenvalue weighted by Crippen LogP contribution is -2.33. The van der Waals surface area contributed by atoms with Crippen LogP contribution >= 0.6 is 0 Å². The summed E-state index contributed by atoms with van der Waals surface area (Å²) in [4.78, 5) is 36.6. The van der Waals surface area contributed by atoms with E-state index in [1.54, 1.807) is 4.52 Å².